The van der Waals surface area contributed by atoms with Crippen LogP contribution in [0.4, 0.5) is 0 Å². The monoisotopic (exact) mass is 514 g/mol. The lowest BCUT2D eigenvalue weighted by atomic mass is 9.51. The van der Waals surface area contributed by atoms with Gasteiger partial charge in [0.05, 0.1) is 36.9 Å². The fourth-order valence-corrected chi connectivity index (χ4v) is 6.85. The number of aliphatic hydroxyl groups is 1. The predicted octanol–water partition coefficient (Wildman–Crippen LogP) is 3.34. The maximum Gasteiger partial charge on any atom is 0.331 e. The molecule has 8 atom stereocenters. The average molecular weight is 515 g/mol. The molecule has 2 aliphatic carbocycles. The van der Waals surface area contributed by atoms with Crippen molar-refractivity contribution in [3.8, 4) is 0 Å². The summed E-state index contributed by atoms with van der Waals surface area (Å²) in [6.45, 7) is 8.73. The molecule has 1 saturated carbocycles. The predicted molar refractivity (Wildman–Crippen MR) is 134 cm³/mol. The molecule has 202 valence electrons. The number of rotatable bonds is 1. The normalized spacial score (nSPS) is 45.3. The molecule has 8 heteroatoms. The smallest absolute Gasteiger partial charge is 0.331 e. The van der Waals surface area contributed by atoms with Gasteiger partial charge in [0.25, 0.3) is 0 Å². The van der Waals surface area contributed by atoms with E-state index in [1.165, 1.54) is 17.7 Å². The highest BCUT2D eigenvalue weighted by molar-refractivity contribution is 5.83. The Bertz CT molecular complexity index is 1050. The summed E-state index contributed by atoms with van der Waals surface area (Å²) >= 11 is 0. The standard InChI is InChI=1S/C29H38O8/c1-18-9-11-28-16-34-26(32)14-19(2)10-12-33-21(20(3)30)7-5-6-8-25(31)37-22-15-24(36-23(28)13-18)29(17-35-29)27(22,28)4/h5-8,13-14,20-24,30H,9-12,15-17H2,1-4H3/b7-5?,8-6-,19-14+. The van der Waals surface area contributed by atoms with Gasteiger partial charge >= 0.3 is 11.9 Å². The van der Waals surface area contributed by atoms with Crippen LogP contribution < -0.4 is 0 Å². The number of allylic oxidation sites excluding steroid dienone is 3. The minimum atomic E-state index is -0.735. The van der Waals surface area contributed by atoms with Crippen molar-refractivity contribution in [3.05, 3.63) is 47.6 Å². The van der Waals surface area contributed by atoms with Gasteiger partial charge in [0.15, 0.2) is 0 Å². The van der Waals surface area contributed by atoms with Crippen LogP contribution in [0.25, 0.3) is 0 Å². The van der Waals surface area contributed by atoms with Gasteiger partial charge in [0, 0.05) is 24.0 Å². The van der Waals surface area contributed by atoms with E-state index < -0.39 is 46.7 Å². The minimum Gasteiger partial charge on any atom is -0.462 e. The van der Waals surface area contributed by atoms with Crippen molar-refractivity contribution < 1.29 is 38.4 Å². The van der Waals surface area contributed by atoms with Crippen molar-refractivity contribution in [2.45, 2.75) is 89.5 Å². The van der Waals surface area contributed by atoms with E-state index in [1.54, 1.807) is 25.2 Å². The summed E-state index contributed by atoms with van der Waals surface area (Å²) in [6.07, 6.45) is 10.5. The Hall–Kier alpha value is -2.26. The number of hydrogen-bond donors (Lipinski definition) is 1. The maximum atomic E-state index is 12.9. The molecule has 1 N–H and O–H groups in total. The van der Waals surface area contributed by atoms with E-state index in [0.717, 1.165) is 18.4 Å². The van der Waals surface area contributed by atoms with Crippen LogP contribution in [0.1, 0.15) is 53.4 Å². The number of hydrogen-bond acceptors (Lipinski definition) is 8. The lowest BCUT2D eigenvalue weighted by molar-refractivity contribution is -0.232. The molecule has 5 aliphatic rings. The van der Waals surface area contributed by atoms with Crippen LogP contribution in [0.15, 0.2) is 47.6 Å². The Morgan fingerprint density at radius 1 is 1.05 bits per heavy atom. The molecule has 0 radical (unpaired) electrons. The van der Waals surface area contributed by atoms with E-state index in [-0.39, 0.29) is 18.8 Å². The van der Waals surface area contributed by atoms with Crippen molar-refractivity contribution in [1.29, 1.82) is 0 Å². The topological polar surface area (TPSA) is 104 Å². The lowest BCUT2D eigenvalue weighted by Crippen LogP contribution is -2.66. The summed E-state index contributed by atoms with van der Waals surface area (Å²) in [5.41, 5.74) is 0.318. The molecule has 8 unspecified atom stereocenters. The van der Waals surface area contributed by atoms with Gasteiger partial charge in [-0.05, 0) is 40.0 Å². The van der Waals surface area contributed by atoms with Crippen LogP contribution >= 0.6 is 0 Å². The molecule has 3 heterocycles. The second kappa shape index (κ2) is 9.80. The molecule has 8 nitrogen and oxygen atoms in total. The molecule has 2 saturated heterocycles. The van der Waals surface area contributed by atoms with Crippen LogP contribution in [0.5, 0.6) is 0 Å². The number of aliphatic hydroxyl groups excluding tert-OH is 1. The molecular weight excluding hydrogens is 476 g/mol. The van der Waals surface area contributed by atoms with Crippen LogP contribution in [0, 0.1) is 10.8 Å². The number of cyclic esters (lactones) is 1. The second-order valence-corrected chi connectivity index (χ2v) is 11.4. The zero-order valence-electron chi connectivity index (χ0n) is 22.1. The highest BCUT2D eigenvalue weighted by Gasteiger charge is 2.83. The van der Waals surface area contributed by atoms with Crippen molar-refractivity contribution >= 4 is 11.9 Å². The average Bonchev–Trinajstić information content (AvgIpc) is 3.61. The molecule has 37 heavy (non-hydrogen) atoms. The Morgan fingerprint density at radius 3 is 2.57 bits per heavy atom. The van der Waals surface area contributed by atoms with Crippen molar-refractivity contribution in [2.24, 2.45) is 10.8 Å². The summed E-state index contributed by atoms with van der Waals surface area (Å²) in [7, 11) is 0. The fourth-order valence-electron chi connectivity index (χ4n) is 6.85. The first-order chi connectivity index (χ1) is 17.6. The summed E-state index contributed by atoms with van der Waals surface area (Å²) in [5.74, 6) is -0.879. The first-order valence-electron chi connectivity index (χ1n) is 13.3. The summed E-state index contributed by atoms with van der Waals surface area (Å²) in [6, 6.07) is 0. The highest BCUT2D eigenvalue weighted by atomic mass is 16.6. The van der Waals surface area contributed by atoms with Crippen LogP contribution in [0.2, 0.25) is 0 Å². The van der Waals surface area contributed by atoms with E-state index in [0.29, 0.717) is 26.1 Å². The van der Waals surface area contributed by atoms with Gasteiger partial charge in [0.2, 0.25) is 0 Å². The summed E-state index contributed by atoms with van der Waals surface area (Å²) < 4.78 is 30.6. The van der Waals surface area contributed by atoms with Gasteiger partial charge in [0.1, 0.15) is 24.4 Å². The van der Waals surface area contributed by atoms with Gasteiger partial charge in [-0.25, -0.2) is 9.59 Å². The maximum absolute atomic E-state index is 12.9. The molecule has 0 aromatic carbocycles. The van der Waals surface area contributed by atoms with E-state index >= 15 is 0 Å². The van der Waals surface area contributed by atoms with Crippen LogP contribution in [-0.2, 0) is 33.3 Å². The Balaban J connectivity index is 1.51. The first kappa shape index (κ1) is 26.4. The molecule has 0 aromatic heterocycles. The Morgan fingerprint density at radius 2 is 1.84 bits per heavy atom. The van der Waals surface area contributed by atoms with Crippen molar-refractivity contribution in [1.82, 2.24) is 0 Å². The van der Waals surface area contributed by atoms with Crippen molar-refractivity contribution in [3.63, 3.8) is 0 Å². The number of epoxide rings is 1. The Kier molecular flexibility index (Phi) is 6.98. The van der Waals surface area contributed by atoms with E-state index in [4.69, 9.17) is 23.7 Å². The van der Waals surface area contributed by atoms with Gasteiger partial charge in [-0.15, -0.1) is 0 Å². The zero-order chi connectivity index (χ0) is 26.4. The van der Waals surface area contributed by atoms with Gasteiger partial charge < -0.3 is 28.8 Å². The first-order valence-corrected chi connectivity index (χ1v) is 13.3. The summed E-state index contributed by atoms with van der Waals surface area (Å²) in [4.78, 5) is 25.9. The zero-order valence-corrected chi connectivity index (χ0v) is 22.1. The molecule has 2 bridgehead atoms. The number of carbonyl (C=O) groups excluding carboxylic acids is 2. The molecule has 0 amide bonds. The summed E-state index contributed by atoms with van der Waals surface area (Å²) in [5, 5.41) is 10.0. The SMILES string of the molecule is CC1=CC2OC3CC4OC(=O)/C=C\C=CC(C(C)O)OCC/C(C)=C/C(=O)OCC2(CC1)C4(C)C31CO1. The molecular formula is C29H38O8. The number of ether oxygens (including phenoxy) is 5. The third-order valence-corrected chi connectivity index (χ3v) is 9.24. The molecule has 5 rings (SSSR count). The number of esters is 2. The lowest BCUT2D eigenvalue weighted by Gasteiger charge is -2.58. The Labute approximate surface area is 218 Å². The van der Waals surface area contributed by atoms with Gasteiger partial charge in [-0.1, -0.05) is 42.4 Å². The molecule has 0 aromatic rings. The fraction of sp³-hybridized carbons (Fsp3) is 0.655. The minimum absolute atomic E-state index is 0.144. The molecule has 3 fully saturated rings. The third-order valence-electron chi connectivity index (χ3n) is 9.24. The highest BCUT2D eigenvalue weighted by Crippen LogP contribution is 2.72. The van der Waals surface area contributed by atoms with Gasteiger partial charge in [-0.3, -0.25) is 0 Å². The second-order valence-electron chi connectivity index (χ2n) is 11.4. The number of carbonyl (C=O) groups is 2. The molecule has 3 aliphatic heterocycles. The van der Waals surface area contributed by atoms with E-state index in [9.17, 15) is 14.7 Å². The van der Waals surface area contributed by atoms with Crippen molar-refractivity contribution in [2.75, 3.05) is 19.8 Å². The molecule has 2 spiro atoms. The van der Waals surface area contributed by atoms with E-state index in [1.807, 2.05) is 6.92 Å². The van der Waals surface area contributed by atoms with E-state index in [2.05, 4.69) is 19.9 Å². The van der Waals surface area contributed by atoms with Crippen LogP contribution in [-0.4, -0.2) is 73.0 Å². The quantitative estimate of drug-likeness (QED) is 0.323. The van der Waals surface area contributed by atoms with Gasteiger partial charge in [-0.2, -0.15) is 0 Å². The largest absolute Gasteiger partial charge is 0.462 e. The van der Waals surface area contributed by atoms with Crippen LogP contribution in [0.3, 0.4) is 0 Å². The third kappa shape index (κ3) is 4.42.